The minimum atomic E-state index is -0.981. The first-order valence-electron chi connectivity index (χ1n) is 15.0. The van der Waals surface area contributed by atoms with Crippen LogP contribution in [0.3, 0.4) is 0 Å². The summed E-state index contributed by atoms with van der Waals surface area (Å²) in [4.78, 5) is 61.2. The first kappa shape index (κ1) is 51.3. The summed E-state index contributed by atoms with van der Waals surface area (Å²) >= 11 is 0. The fourth-order valence-electron chi connectivity index (χ4n) is 1.96. The molecule has 0 aromatic heterocycles. The molecule has 1 heterocycles. The Morgan fingerprint density at radius 3 is 1.56 bits per heavy atom. The van der Waals surface area contributed by atoms with Gasteiger partial charge in [-0.3, -0.25) is 0 Å². The average Bonchev–Trinajstić information content (AvgIpc) is 3.95. The predicted octanol–water partition coefficient (Wildman–Crippen LogP) is 5.66. The Morgan fingerprint density at radius 2 is 1.24 bits per heavy atom. The molecule has 1 aliphatic heterocycles. The molecular formula is C37H52O13. The number of hydrogen-bond acceptors (Lipinski definition) is 12. The van der Waals surface area contributed by atoms with Crippen LogP contribution in [0.5, 0.6) is 0 Å². The zero-order chi connectivity index (χ0) is 39.3. The lowest BCUT2D eigenvalue weighted by molar-refractivity contribution is -0.140. The van der Waals surface area contributed by atoms with Crippen molar-refractivity contribution in [1.82, 2.24) is 0 Å². The van der Waals surface area contributed by atoms with E-state index in [9.17, 15) is 28.8 Å². The third kappa shape index (κ3) is 42.4. The van der Waals surface area contributed by atoms with Crippen molar-refractivity contribution in [1.29, 1.82) is 0 Å². The van der Waals surface area contributed by atoms with Crippen LogP contribution >= 0.6 is 0 Å². The Hall–Kier alpha value is -5.56. The van der Waals surface area contributed by atoms with Crippen molar-refractivity contribution in [3.05, 3.63) is 111 Å². The molecular weight excluding hydrogens is 652 g/mol. The number of hydrogen-bond donors (Lipinski definition) is 1. The quantitative estimate of drug-likeness (QED) is 0.0824. The van der Waals surface area contributed by atoms with Crippen LogP contribution in [0, 0.1) is 0 Å². The molecule has 1 N–H and O–H groups in total. The third-order valence-electron chi connectivity index (χ3n) is 4.62. The maximum Gasteiger partial charge on any atom is 0.333 e. The number of esters is 5. The molecule has 50 heavy (non-hydrogen) atoms. The molecule has 13 heteroatoms. The Balaban J connectivity index is -0.000000262. The highest BCUT2D eigenvalue weighted by molar-refractivity contribution is 5.87. The van der Waals surface area contributed by atoms with Crippen LogP contribution in [-0.2, 0) is 63.8 Å². The van der Waals surface area contributed by atoms with Crippen molar-refractivity contribution in [2.75, 3.05) is 33.5 Å². The molecule has 278 valence electrons. The van der Waals surface area contributed by atoms with E-state index >= 15 is 0 Å². The number of ether oxygens (including phenoxy) is 6. The number of carbonyl (C=O) groups excluding carboxylic acids is 5. The van der Waals surface area contributed by atoms with Gasteiger partial charge in [-0.2, -0.15) is 0 Å². The number of carbonyl (C=O) groups is 6. The number of carboxylic acid groups (broad SMARTS) is 1. The summed E-state index contributed by atoms with van der Waals surface area (Å²) in [6, 6.07) is 9.55. The Labute approximate surface area is 295 Å². The second-order valence-electron chi connectivity index (χ2n) is 9.13. The average molecular weight is 705 g/mol. The van der Waals surface area contributed by atoms with E-state index in [2.05, 4.69) is 53.7 Å². The molecule has 1 unspecified atom stereocenters. The first-order valence-corrected chi connectivity index (χ1v) is 15.0. The van der Waals surface area contributed by atoms with Gasteiger partial charge >= 0.3 is 35.8 Å². The van der Waals surface area contributed by atoms with E-state index < -0.39 is 11.9 Å². The number of aliphatic carboxylic acids is 1. The SMILES string of the molecule is C=C(C)C(=O)OCC1CO1.C=C(C)C(=O)OCc1ccccc1.C=CC(=O)O.C=CC(=O)OC.C=CC(=O)OCC.C=CC(=O)OCCCC. The lowest BCUT2D eigenvalue weighted by Crippen LogP contribution is -2.09. The summed E-state index contributed by atoms with van der Waals surface area (Å²) in [5.74, 6) is -2.75. The molecule has 0 spiro atoms. The van der Waals surface area contributed by atoms with Gasteiger partial charge in [0.25, 0.3) is 0 Å². The van der Waals surface area contributed by atoms with Gasteiger partial charge in [0.05, 0.1) is 26.9 Å². The van der Waals surface area contributed by atoms with Crippen LogP contribution in [-0.4, -0.2) is 80.6 Å². The van der Waals surface area contributed by atoms with Gasteiger partial charge in [-0.15, -0.1) is 0 Å². The fraction of sp³-hybridized carbons (Fsp3) is 0.351. The number of unbranched alkanes of at least 4 members (excludes halogenated alkanes) is 1. The number of methoxy groups -OCH3 is 1. The van der Waals surface area contributed by atoms with E-state index in [-0.39, 0.29) is 30.0 Å². The zero-order valence-corrected chi connectivity index (χ0v) is 29.8. The number of carboxylic acids is 1. The van der Waals surface area contributed by atoms with Gasteiger partial charge in [-0.05, 0) is 32.8 Å². The Bertz CT molecular complexity index is 1210. The molecule has 2 rings (SSSR count). The monoisotopic (exact) mass is 704 g/mol. The van der Waals surface area contributed by atoms with E-state index in [0.29, 0.717) is 44.2 Å². The fourth-order valence-corrected chi connectivity index (χ4v) is 1.96. The summed E-state index contributed by atoms with van der Waals surface area (Å²) in [5.41, 5.74) is 1.84. The van der Waals surface area contributed by atoms with Crippen LogP contribution in [0.25, 0.3) is 0 Å². The number of epoxide rings is 1. The second kappa shape index (κ2) is 36.3. The van der Waals surface area contributed by atoms with Crippen molar-refractivity contribution >= 4 is 35.8 Å². The molecule has 0 bridgehead atoms. The summed E-state index contributed by atoms with van der Waals surface area (Å²) < 4.78 is 27.8. The lowest BCUT2D eigenvalue weighted by Gasteiger charge is -2.03. The molecule has 0 radical (unpaired) electrons. The summed E-state index contributed by atoms with van der Waals surface area (Å²) in [7, 11) is 1.31. The maximum atomic E-state index is 11.0. The highest BCUT2D eigenvalue weighted by Gasteiger charge is 2.24. The van der Waals surface area contributed by atoms with Gasteiger partial charge in [0.1, 0.15) is 19.3 Å². The molecule has 1 fully saturated rings. The van der Waals surface area contributed by atoms with Crippen molar-refractivity contribution in [2.24, 2.45) is 0 Å². The Kier molecular flexibility index (Phi) is 37.2. The molecule has 13 nitrogen and oxygen atoms in total. The van der Waals surface area contributed by atoms with E-state index in [1.807, 2.05) is 37.3 Å². The van der Waals surface area contributed by atoms with E-state index in [1.165, 1.54) is 13.2 Å². The highest BCUT2D eigenvalue weighted by atomic mass is 16.6. The second-order valence-corrected chi connectivity index (χ2v) is 9.13. The van der Waals surface area contributed by atoms with Crippen molar-refractivity contribution in [3.63, 3.8) is 0 Å². The van der Waals surface area contributed by atoms with Crippen LogP contribution < -0.4 is 0 Å². The van der Waals surface area contributed by atoms with Gasteiger partial charge in [-0.25, -0.2) is 28.8 Å². The van der Waals surface area contributed by atoms with Gasteiger partial charge in [0.2, 0.25) is 0 Å². The van der Waals surface area contributed by atoms with Crippen LogP contribution in [0.4, 0.5) is 0 Å². The largest absolute Gasteiger partial charge is 0.478 e. The maximum absolute atomic E-state index is 11.0. The first-order chi connectivity index (χ1) is 23.6. The Morgan fingerprint density at radius 1 is 0.780 bits per heavy atom. The molecule has 1 aromatic rings. The third-order valence-corrected chi connectivity index (χ3v) is 4.62. The van der Waals surface area contributed by atoms with Crippen molar-refractivity contribution < 1.29 is 62.3 Å². The van der Waals surface area contributed by atoms with E-state index in [1.54, 1.807) is 20.8 Å². The van der Waals surface area contributed by atoms with Gasteiger partial charge in [0.15, 0.2) is 0 Å². The summed E-state index contributed by atoms with van der Waals surface area (Å²) in [6.45, 7) is 28.9. The normalized spacial score (nSPS) is 10.9. The molecule has 1 aliphatic rings. The summed E-state index contributed by atoms with van der Waals surface area (Å²) in [5, 5.41) is 7.60. The predicted molar refractivity (Wildman–Crippen MR) is 190 cm³/mol. The minimum absolute atomic E-state index is 0.142. The standard InChI is InChI=1S/C11H12O2.C7H10O3.C7H12O2.C5H8O2.C4H6O2.C3H4O2/c1-9(2)11(12)13-8-10-6-4-3-5-7-10;1-5(2)7(8)10-4-6-3-9-6;1-3-5-6-9-7(8)4-2;1-3-5(6)7-4-2;1-3-4(5)6-2;1-2-3(4)5/h3-7H,1,8H2,2H3;6H,1,3-4H2,2H3;4H,2-3,5-6H2,1H3;3H,1,4H2,2H3;3H,1H2,2H3;2H,1H2,(H,4,5). The van der Waals surface area contributed by atoms with Crippen LogP contribution in [0.1, 0.15) is 46.1 Å². The molecule has 0 aliphatic carbocycles. The van der Waals surface area contributed by atoms with E-state index in [0.717, 1.165) is 36.6 Å². The smallest absolute Gasteiger partial charge is 0.333 e. The zero-order valence-electron chi connectivity index (χ0n) is 29.8. The van der Waals surface area contributed by atoms with Gasteiger partial charge in [-0.1, -0.05) is 83.2 Å². The van der Waals surface area contributed by atoms with Gasteiger partial charge < -0.3 is 33.5 Å². The number of rotatable bonds is 14. The van der Waals surface area contributed by atoms with Crippen molar-refractivity contribution in [3.8, 4) is 0 Å². The number of benzene rings is 1. The molecule has 0 amide bonds. The van der Waals surface area contributed by atoms with Crippen LogP contribution in [0.2, 0.25) is 0 Å². The molecule has 1 aromatic carbocycles. The van der Waals surface area contributed by atoms with E-state index in [4.69, 9.17) is 19.3 Å². The van der Waals surface area contributed by atoms with Crippen LogP contribution in [0.15, 0.2) is 105 Å². The molecule has 1 atom stereocenters. The van der Waals surface area contributed by atoms with Crippen molar-refractivity contribution in [2.45, 2.75) is 53.2 Å². The topological polar surface area (TPSA) is 181 Å². The molecule has 1 saturated heterocycles. The highest BCUT2D eigenvalue weighted by Crippen LogP contribution is 2.09. The minimum Gasteiger partial charge on any atom is -0.478 e. The molecule has 0 saturated carbocycles. The summed E-state index contributed by atoms with van der Waals surface area (Å²) in [6.07, 6.45) is 6.38. The van der Waals surface area contributed by atoms with Gasteiger partial charge in [0, 0.05) is 35.5 Å². The lowest BCUT2D eigenvalue weighted by atomic mass is 10.2.